The van der Waals surface area contributed by atoms with Crippen LogP contribution in [-0.2, 0) is 9.53 Å². The molecule has 122 valence electrons. The summed E-state index contributed by atoms with van der Waals surface area (Å²) in [5.41, 5.74) is 2.86. The number of benzene rings is 2. The van der Waals surface area contributed by atoms with Crippen LogP contribution in [-0.4, -0.2) is 28.9 Å². The number of aromatic nitrogens is 2. The second-order valence-electron chi connectivity index (χ2n) is 5.32. The number of carbonyl (C=O) groups excluding carboxylic acids is 1. The van der Waals surface area contributed by atoms with Gasteiger partial charge in [0.2, 0.25) is 5.90 Å². The predicted molar refractivity (Wildman–Crippen MR) is 93.1 cm³/mol. The van der Waals surface area contributed by atoms with Crippen molar-refractivity contribution in [3.05, 3.63) is 71.7 Å². The van der Waals surface area contributed by atoms with Gasteiger partial charge in [-0.25, -0.2) is 14.8 Å². The van der Waals surface area contributed by atoms with Crippen molar-refractivity contribution in [3.63, 3.8) is 0 Å². The normalized spacial score (nSPS) is 15.3. The highest BCUT2D eigenvalue weighted by atomic mass is 16.6. The van der Waals surface area contributed by atoms with E-state index in [0.29, 0.717) is 17.0 Å². The van der Waals surface area contributed by atoms with Crippen LogP contribution in [0.5, 0.6) is 5.75 Å². The van der Waals surface area contributed by atoms with E-state index in [-0.39, 0.29) is 11.6 Å². The minimum absolute atomic E-state index is 0.172. The maximum Gasteiger partial charge on any atom is 0.363 e. The molecule has 0 saturated carbocycles. The Morgan fingerprint density at radius 3 is 2.64 bits per heavy atom. The first-order valence-corrected chi connectivity index (χ1v) is 7.62. The average molecular weight is 331 g/mol. The van der Waals surface area contributed by atoms with Gasteiger partial charge in [0.05, 0.1) is 35.6 Å². The van der Waals surface area contributed by atoms with Crippen molar-refractivity contribution < 1.29 is 14.3 Å². The van der Waals surface area contributed by atoms with Crippen LogP contribution in [0.25, 0.3) is 17.1 Å². The van der Waals surface area contributed by atoms with Gasteiger partial charge in [0.25, 0.3) is 0 Å². The maximum absolute atomic E-state index is 12.1. The van der Waals surface area contributed by atoms with E-state index >= 15 is 0 Å². The molecule has 0 bridgehead atoms. The number of aliphatic imine (C=N–C) groups is 1. The number of hydrogen-bond acceptors (Lipinski definition) is 6. The van der Waals surface area contributed by atoms with Gasteiger partial charge in [-0.15, -0.1) is 0 Å². The van der Waals surface area contributed by atoms with Crippen molar-refractivity contribution in [2.75, 3.05) is 7.11 Å². The number of nitrogens with zero attached hydrogens (tertiary/aromatic N) is 3. The third-order valence-corrected chi connectivity index (χ3v) is 3.71. The number of cyclic esters (lactones) is 1. The van der Waals surface area contributed by atoms with E-state index in [2.05, 4.69) is 15.0 Å². The highest BCUT2D eigenvalue weighted by Gasteiger charge is 2.26. The van der Waals surface area contributed by atoms with Gasteiger partial charge in [-0.3, -0.25) is 4.98 Å². The Morgan fingerprint density at radius 1 is 1.04 bits per heavy atom. The highest BCUT2D eigenvalue weighted by Crippen LogP contribution is 2.24. The average Bonchev–Trinajstić information content (AvgIpc) is 3.02. The summed E-state index contributed by atoms with van der Waals surface area (Å²) in [7, 11) is 1.55. The summed E-state index contributed by atoms with van der Waals surface area (Å²) < 4.78 is 10.6. The first-order valence-electron chi connectivity index (χ1n) is 7.62. The lowest BCUT2D eigenvalue weighted by Gasteiger charge is -2.05. The van der Waals surface area contributed by atoms with Crippen LogP contribution in [0.1, 0.15) is 11.3 Å². The van der Waals surface area contributed by atoms with Crippen LogP contribution in [0.4, 0.5) is 0 Å². The monoisotopic (exact) mass is 331 g/mol. The van der Waals surface area contributed by atoms with E-state index < -0.39 is 5.97 Å². The van der Waals surface area contributed by atoms with Crippen LogP contribution in [0, 0.1) is 0 Å². The number of hydrogen-bond donors (Lipinski definition) is 0. The number of fused-ring (bicyclic) bond motifs is 1. The molecule has 25 heavy (non-hydrogen) atoms. The van der Waals surface area contributed by atoms with Crippen molar-refractivity contribution in [1.29, 1.82) is 0 Å². The molecule has 0 unspecified atom stereocenters. The van der Waals surface area contributed by atoms with E-state index in [4.69, 9.17) is 9.47 Å². The number of rotatable bonds is 3. The van der Waals surface area contributed by atoms with Crippen molar-refractivity contribution >= 4 is 29.0 Å². The first-order chi connectivity index (χ1) is 12.2. The molecule has 2 heterocycles. The van der Waals surface area contributed by atoms with E-state index in [9.17, 15) is 4.79 Å². The summed E-state index contributed by atoms with van der Waals surface area (Å²) >= 11 is 0. The van der Waals surface area contributed by atoms with Gasteiger partial charge in [-0.2, -0.15) is 0 Å². The molecular formula is C19H13N3O3. The Balaban J connectivity index is 1.72. The quantitative estimate of drug-likeness (QED) is 0.545. The molecule has 3 aromatic rings. The Bertz CT molecular complexity index is 1040. The fraction of sp³-hybridized carbons (Fsp3) is 0.0526. The van der Waals surface area contributed by atoms with Gasteiger partial charge >= 0.3 is 5.97 Å². The molecule has 0 aliphatic carbocycles. The molecule has 0 spiro atoms. The molecule has 1 aliphatic rings. The zero-order valence-electron chi connectivity index (χ0n) is 13.3. The fourth-order valence-electron chi connectivity index (χ4n) is 2.53. The molecule has 0 fully saturated rings. The van der Waals surface area contributed by atoms with Gasteiger partial charge in [-0.05, 0) is 30.3 Å². The Morgan fingerprint density at radius 2 is 1.80 bits per heavy atom. The smallest absolute Gasteiger partial charge is 0.363 e. The topological polar surface area (TPSA) is 73.7 Å². The Kier molecular flexibility index (Phi) is 3.70. The minimum Gasteiger partial charge on any atom is -0.496 e. The summed E-state index contributed by atoms with van der Waals surface area (Å²) in [6, 6.07) is 14.7. The molecule has 6 heteroatoms. The molecule has 0 saturated heterocycles. The van der Waals surface area contributed by atoms with Crippen LogP contribution in [0.15, 0.2) is 65.4 Å². The van der Waals surface area contributed by atoms with E-state index in [1.54, 1.807) is 31.5 Å². The largest absolute Gasteiger partial charge is 0.496 e. The lowest BCUT2D eigenvalue weighted by atomic mass is 10.2. The third-order valence-electron chi connectivity index (χ3n) is 3.71. The molecule has 1 aromatic heterocycles. The van der Waals surface area contributed by atoms with Crippen molar-refractivity contribution in [1.82, 2.24) is 9.97 Å². The van der Waals surface area contributed by atoms with Crippen LogP contribution in [0.2, 0.25) is 0 Å². The van der Waals surface area contributed by atoms with Crippen molar-refractivity contribution in [2.45, 2.75) is 0 Å². The lowest BCUT2D eigenvalue weighted by molar-refractivity contribution is -0.129. The summed E-state index contributed by atoms with van der Waals surface area (Å²) in [6.07, 6.45) is 3.16. The molecule has 0 N–H and O–H groups in total. The van der Waals surface area contributed by atoms with Crippen molar-refractivity contribution in [3.8, 4) is 5.75 Å². The first kappa shape index (κ1) is 15.0. The van der Waals surface area contributed by atoms with Crippen LogP contribution < -0.4 is 4.74 Å². The van der Waals surface area contributed by atoms with E-state index in [0.717, 1.165) is 11.0 Å². The zero-order valence-corrected chi connectivity index (χ0v) is 13.3. The molecule has 2 aromatic carbocycles. The molecule has 0 radical (unpaired) electrons. The number of esters is 1. The van der Waals surface area contributed by atoms with Crippen molar-refractivity contribution in [2.24, 2.45) is 4.99 Å². The molecule has 6 nitrogen and oxygen atoms in total. The second kappa shape index (κ2) is 6.16. The number of para-hydroxylation sites is 3. The molecule has 1 aliphatic heterocycles. The summed E-state index contributed by atoms with van der Waals surface area (Å²) in [5.74, 6) is 0.263. The summed E-state index contributed by atoms with van der Waals surface area (Å²) in [6.45, 7) is 0. The molecule has 0 atom stereocenters. The zero-order chi connectivity index (χ0) is 17.2. The maximum atomic E-state index is 12.1. The van der Waals surface area contributed by atoms with E-state index in [1.165, 1.54) is 0 Å². The fourth-order valence-corrected chi connectivity index (χ4v) is 2.53. The van der Waals surface area contributed by atoms with Crippen LogP contribution >= 0.6 is 0 Å². The molecule has 0 amide bonds. The number of carbonyl (C=O) groups is 1. The Hall–Kier alpha value is -3.54. The van der Waals surface area contributed by atoms with Gasteiger partial charge in [0, 0.05) is 0 Å². The van der Waals surface area contributed by atoms with E-state index in [1.807, 2.05) is 36.4 Å². The van der Waals surface area contributed by atoms with Gasteiger partial charge in [0.1, 0.15) is 5.75 Å². The van der Waals surface area contributed by atoms with Gasteiger partial charge in [-0.1, -0.05) is 24.3 Å². The third kappa shape index (κ3) is 2.85. The lowest BCUT2D eigenvalue weighted by Crippen LogP contribution is -2.06. The number of ether oxygens (including phenoxy) is 2. The predicted octanol–water partition coefficient (Wildman–Crippen LogP) is 2.98. The van der Waals surface area contributed by atoms with Gasteiger partial charge in [0.15, 0.2) is 5.70 Å². The second-order valence-corrected chi connectivity index (χ2v) is 5.32. The molecule has 4 rings (SSSR count). The van der Waals surface area contributed by atoms with Gasteiger partial charge < -0.3 is 9.47 Å². The number of methoxy groups -OCH3 is 1. The minimum atomic E-state index is -0.532. The summed E-state index contributed by atoms with van der Waals surface area (Å²) in [4.78, 5) is 25.2. The highest BCUT2D eigenvalue weighted by molar-refractivity contribution is 6.13. The Labute approximate surface area is 143 Å². The molecular weight excluding hydrogens is 318 g/mol. The standard InChI is InChI=1S/C19H13N3O3/c1-24-17-9-5-2-6-13(17)18-22-16(19(23)25-18)10-12-11-20-14-7-3-4-8-15(14)21-12/h2-11H,1H3/b16-10-. The van der Waals surface area contributed by atoms with Crippen LogP contribution in [0.3, 0.4) is 0 Å². The SMILES string of the molecule is COc1ccccc1C1=N/C(=C\c2cnc3ccccc3n2)C(=O)O1. The summed E-state index contributed by atoms with van der Waals surface area (Å²) in [5, 5.41) is 0.